The van der Waals surface area contributed by atoms with Crippen LogP contribution in [0.1, 0.15) is 18.4 Å². The van der Waals surface area contributed by atoms with Gasteiger partial charge in [-0.05, 0) is 43.3 Å². The molecule has 1 aromatic rings. The quantitative estimate of drug-likeness (QED) is 0.514. The Morgan fingerprint density at radius 3 is 2.57 bits per heavy atom. The molecule has 0 saturated carbocycles. The third kappa shape index (κ3) is 2.85. The zero-order valence-corrected chi connectivity index (χ0v) is 9.13. The second-order valence-electron chi connectivity index (χ2n) is 3.97. The van der Waals surface area contributed by atoms with Gasteiger partial charge in [0.2, 0.25) is 0 Å². The molecular formula is C12H20BP. The average molecular weight is 206 g/mol. The van der Waals surface area contributed by atoms with Crippen molar-refractivity contribution in [1.82, 2.24) is 0 Å². The average Bonchev–Trinajstić information content (AvgIpc) is 2.54. The van der Waals surface area contributed by atoms with E-state index < -0.39 is 0 Å². The van der Waals surface area contributed by atoms with Gasteiger partial charge in [0.25, 0.3) is 0 Å². The highest BCUT2D eigenvalue weighted by Crippen LogP contribution is 2.47. The van der Waals surface area contributed by atoms with Gasteiger partial charge >= 0.3 is 0 Å². The van der Waals surface area contributed by atoms with E-state index in [-0.39, 0.29) is 8.41 Å². The van der Waals surface area contributed by atoms with Crippen molar-refractivity contribution in [2.75, 3.05) is 12.8 Å². The summed E-state index contributed by atoms with van der Waals surface area (Å²) in [6, 6.07) is 10.9. The van der Waals surface area contributed by atoms with E-state index in [1.807, 2.05) is 0 Å². The van der Waals surface area contributed by atoms with Crippen LogP contribution in [0.15, 0.2) is 30.3 Å². The predicted octanol–water partition coefficient (Wildman–Crippen LogP) is 2.32. The van der Waals surface area contributed by atoms with Crippen LogP contribution in [0.3, 0.4) is 0 Å². The highest BCUT2D eigenvalue weighted by atomic mass is 31.1. The van der Waals surface area contributed by atoms with E-state index in [0.717, 1.165) is 5.66 Å². The van der Waals surface area contributed by atoms with Gasteiger partial charge in [-0.25, -0.2) is 0 Å². The highest BCUT2D eigenvalue weighted by molar-refractivity contribution is 7.57. The number of hydrogen-bond acceptors (Lipinski definition) is 0. The van der Waals surface area contributed by atoms with E-state index in [0.29, 0.717) is 7.92 Å². The first kappa shape index (κ1) is 11.8. The van der Waals surface area contributed by atoms with Crippen LogP contribution in [-0.4, -0.2) is 26.9 Å². The van der Waals surface area contributed by atoms with Crippen molar-refractivity contribution in [2.24, 2.45) is 0 Å². The van der Waals surface area contributed by atoms with Gasteiger partial charge in [-0.3, -0.25) is 0 Å². The molecule has 0 N–H and O–H groups in total. The highest BCUT2D eigenvalue weighted by Gasteiger charge is 2.22. The second kappa shape index (κ2) is 5.56. The Balaban J connectivity index is 0.000000980. The fraction of sp³-hybridized carbons (Fsp3) is 0.500. The lowest BCUT2D eigenvalue weighted by Crippen LogP contribution is -2.03. The molecule has 2 unspecified atom stereocenters. The SMILES string of the molecule is B.CP1CCCC1Cc1ccccc1. The molecule has 1 fully saturated rings. The fourth-order valence-corrected chi connectivity index (χ4v) is 4.32. The summed E-state index contributed by atoms with van der Waals surface area (Å²) in [6.07, 6.45) is 5.77. The topological polar surface area (TPSA) is 0 Å². The Labute approximate surface area is 90.4 Å². The normalized spacial score (nSPS) is 25.8. The lowest BCUT2D eigenvalue weighted by Gasteiger charge is -2.15. The first-order chi connectivity index (χ1) is 6.36. The molecule has 2 atom stereocenters. The van der Waals surface area contributed by atoms with E-state index in [1.165, 1.54) is 31.0 Å². The minimum atomic E-state index is 0. The molecule has 2 heteroatoms. The van der Waals surface area contributed by atoms with Crippen molar-refractivity contribution in [1.29, 1.82) is 0 Å². The Bertz CT molecular complexity index is 260. The van der Waals surface area contributed by atoms with Gasteiger partial charge in [0.15, 0.2) is 0 Å². The summed E-state index contributed by atoms with van der Waals surface area (Å²) in [7, 11) is 0.348. The lowest BCUT2D eigenvalue weighted by molar-refractivity contribution is 0.774. The van der Waals surface area contributed by atoms with E-state index in [2.05, 4.69) is 37.0 Å². The summed E-state index contributed by atoms with van der Waals surface area (Å²) in [6.45, 7) is 2.47. The van der Waals surface area contributed by atoms with Crippen LogP contribution in [0, 0.1) is 0 Å². The molecule has 1 heterocycles. The zero-order chi connectivity index (χ0) is 9.10. The Kier molecular flexibility index (Phi) is 4.68. The molecule has 0 amide bonds. The smallest absolute Gasteiger partial charge is 0.0814 e. The van der Waals surface area contributed by atoms with Gasteiger partial charge in [0.1, 0.15) is 0 Å². The van der Waals surface area contributed by atoms with Crippen LogP contribution in [-0.2, 0) is 6.42 Å². The monoisotopic (exact) mass is 206 g/mol. The summed E-state index contributed by atoms with van der Waals surface area (Å²) in [5.74, 6) is 0. The summed E-state index contributed by atoms with van der Waals surface area (Å²) < 4.78 is 0. The fourth-order valence-electron chi connectivity index (χ4n) is 2.12. The molecule has 1 saturated heterocycles. The standard InChI is InChI=1S/C12H17P.BH3/c1-13-9-5-8-12(13)10-11-6-3-2-4-7-11;/h2-4,6-7,12H,5,8-10H2,1H3;1H3. The molecule has 1 aromatic carbocycles. The zero-order valence-electron chi connectivity index (χ0n) is 8.24. The first-order valence-corrected chi connectivity index (χ1v) is 7.15. The second-order valence-corrected chi connectivity index (χ2v) is 6.66. The van der Waals surface area contributed by atoms with E-state index >= 15 is 0 Å². The molecule has 1 aliphatic rings. The van der Waals surface area contributed by atoms with Crippen molar-refractivity contribution >= 4 is 16.3 Å². The number of benzene rings is 1. The predicted molar refractivity (Wildman–Crippen MR) is 70.8 cm³/mol. The number of hydrogen-bond donors (Lipinski definition) is 0. The van der Waals surface area contributed by atoms with Gasteiger partial charge < -0.3 is 0 Å². The summed E-state index contributed by atoms with van der Waals surface area (Å²) in [5, 5.41) is 0. The van der Waals surface area contributed by atoms with E-state index in [4.69, 9.17) is 0 Å². The van der Waals surface area contributed by atoms with Crippen LogP contribution in [0.4, 0.5) is 0 Å². The lowest BCUT2D eigenvalue weighted by atomic mass is 10.1. The molecule has 0 aromatic heterocycles. The van der Waals surface area contributed by atoms with E-state index in [9.17, 15) is 0 Å². The molecule has 2 rings (SSSR count). The Morgan fingerprint density at radius 1 is 1.29 bits per heavy atom. The Morgan fingerprint density at radius 2 is 2.00 bits per heavy atom. The van der Waals surface area contributed by atoms with Gasteiger partial charge in [0, 0.05) is 0 Å². The van der Waals surface area contributed by atoms with Gasteiger partial charge in [0.05, 0.1) is 8.41 Å². The molecule has 76 valence electrons. The molecule has 14 heavy (non-hydrogen) atoms. The van der Waals surface area contributed by atoms with Crippen molar-refractivity contribution < 1.29 is 0 Å². The van der Waals surface area contributed by atoms with Crippen LogP contribution in [0.2, 0.25) is 0 Å². The van der Waals surface area contributed by atoms with Crippen LogP contribution in [0.5, 0.6) is 0 Å². The minimum absolute atomic E-state index is 0. The maximum Gasteiger partial charge on any atom is 0.0814 e. The molecule has 1 aliphatic heterocycles. The van der Waals surface area contributed by atoms with Crippen LogP contribution in [0.25, 0.3) is 0 Å². The minimum Gasteiger partial charge on any atom is -0.106 e. The maximum absolute atomic E-state index is 2.47. The molecule has 0 spiro atoms. The van der Waals surface area contributed by atoms with Crippen molar-refractivity contribution in [3.63, 3.8) is 0 Å². The van der Waals surface area contributed by atoms with Gasteiger partial charge in [-0.15, -0.1) is 7.92 Å². The summed E-state index contributed by atoms with van der Waals surface area (Å²) >= 11 is 0. The first-order valence-electron chi connectivity index (χ1n) is 5.10. The summed E-state index contributed by atoms with van der Waals surface area (Å²) in [4.78, 5) is 0. The number of rotatable bonds is 2. The van der Waals surface area contributed by atoms with Gasteiger partial charge in [-0.1, -0.05) is 30.3 Å². The van der Waals surface area contributed by atoms with Crippen molar-refractivity contribution in [3.8, 4) is 0 Å². The maximum atomic E-state index is 2.47. The van der Waals surface area contributed by atoms with Crippen LogP contribution < -0.4 is 0 Å². The van der Waals surface area contributed by atoms with E-state index in [1.54, 1.807) is 0 Å². The molecule has 0 bridgehead atoms. The molecule has 0 radical (unpaired) electrons. The molecule has 0 nitrogen and oxygen atoms in total. The molecular weight excluding hydrogens is 186 g/mol. The van der Waals surface area contributed by atoms with Crippen molar-refractivity contribution in [2.45, 2.75) is 24.9 Å². The summed E-state index contributed by atoms with van der Waals surface area (Å²) in [5.41, 5.74) is 2.54. The Hall–Kier alpha value is -0.285. The third-order valence-corrected chi connectivity index (χ3v) is 5.69. The molecule has 0 aliphatic carbocycles. The largest absolute Gasteiger partial charge is 0.106 e. The van der Waals surface area contributed by atoms with Crippen LogP contribution >= 0.6 is 7.92 Å². The van der Waals surface area contributed by atoms with Gasteiger partial charge in [-0.2, -0.15) is 0 Å². The third-order valence-electron chi connectivity index (χ3n) is 2.99. The van der Waals surface area contributed by atoms with Crippen molar-refractivity contribution in [3.05, 3.63) is 35.9 Å².